The third-order valence-electron chi connectivity index (χ3n) is 5.26. The van der Waals surface area contributed by atoms with Crippen molar-refractivity contribution >= 4 is 5.91 Å². The lowest BCUT2D eigenvalue weighted by Crippen LogP contribution is -2.34. The van der Waals surface area contributed by atoms with Crippen molar-refractivity contribution in [1.82, 2.24) is 4.90 Å². The van der Waals surface area contributed by atoms with Crippen molar-refractivity contribution in [1.29, 1.82) is 0 Å². The fourth-order valence-electron chi connectivity index (χ4n) is 4.08. The van der Waals surface area contributed by atoms with E-state index in [9.17, 15) is 9.18 Å². The topological polar surface area (TPSA) is 46.3 Å². The molecular formula is C18H25FN2O. The second-order valence-corrected chi connectivity index (χ2v) is 7.11. The molecular weight excluding hydrogens is 279 g/mol. The van der Waals surface area contributed by atoms with Gasteiger partial charge in [0.1, 0.15) is 5.82 Å². The van der Waals surface area contributed by atoms with E-state index in [0.717, 1.165) is 37.9 Å². The highest BCUT2D eigenvalue weighted by atomic mass is 19.1. The van der Waals surface area contributed by atoms with Gasteiger partial charge in [-0.15, -0.1) is 0 Å². The summed E-state index contributed by atoms with van der Waals surface area (Å²) < 4.78 is 13.2. The Morgan fingerprint density at radius 3 is 2.95 bits per heavy atom. The molecule has 1 amide bonds. The Labute approximate surface area is 131 Å². The van der Waals surface area contributed by atoms with Gasteiger partial charge in [0.15, 0.2) is 0 Å². The van der Waals surface area contributed by atoms with Crippen LogP contribution in [-0.4, -0.2) is 29.9 Å². The average molecular weight is 304 g/mol. The van der Waals surface area contributed by atoms with Gasteiger partial charge in [0.25, 0.3) is 0 Å². The van der Waals surface area contributed by atoms with Crippen LogP contribution in [0.5, 0.6) is 0 Å². The van der Waals surface area contributed by atoms with Crippen LogP contribution in [0.2, 0.25) is 0 Å². The molecule has 0 spiro atoms. The number of rotatable bonds is 4. The molecule has 120 valence electrons. The highest BCUT2D eigenvalue weighted by Gasteiger charge is 2.42. The van der Waals surface area contributed by atoms with E-state index in [1.807, 2.05) is 11.0 Å². The van der Waals surface area contributed by atoms with E-state index in [0.29, 0.717) is 18.3 Å². The number of hydrogen-bond acceptors (Lipinski definition) is 2. The monoisotopic (exact) mass is 304 g/mol. The molecule has 1 aliphatic heterocycles. The van der Waals surface area contributed by atoms with Crippen molar-refractivity contribution < 1.29 is 9.18 Å². The molecule has 0 radical (unpaired) electrons. The van der Waals surface area contributed by atoms with E-state index in [1.165, 1.54) is 6.07 Å². The van der Waals surface area contributed by atoms with E-state index < -0.39 is 0 Å². The van der Waals surface area contributed by atoms with Crippen LogP contribution in [0.25, 0.3) is 0 Å². The SMILES string of the molecule is CC(CC(=O)N1CC2CCC(N)C2C1)Cc1cccc(F)c1. The van der Waals surface area contributed by atoms with Crippen molar-refractivity contribution in [3.63, 3.8) is 0 Å². The van der Waals surface area contributed by atoms with Crippen LogP contribution in [0.1, 0.15) is 31.7 Å². The Kier molecular flexibility index (Phi) is 4.48. The number of likely N-dealkylation sites (tertiary alicyclic amines) is 1. The highest BCUT2D eigenvalue weighted by molar-refractivity contribution is 5.76. The molecule has 1 saturated heterocycles. The summed E-state index contributed by atoms with van der Waals surface area (Å²) in [7, 11) is 0. The first-order valence-corrected chi connectivity index (χ1v) is 8.30. The number of amides is 1. The molecule has 4 unspecified atom stereocenters. The van der Waals surface area contributed by atoms with Gasteiger partial charge in [-0.2, -0.15) is 0 Å². The second-order valence-electron chi connectivity index (χ2n) is 7.11. The zero-order chi connectivity index (χ0) is 15.7. The lowest BCUT2D eigenvalue weighted by atomic mass is 9.97. The van der Waals surface area contributed by atoms with E-state index in [1.54, 1.807) is 12.1 Å². The maximum Gasteiger partial charge on any atom is 0.222 e. The summed E-state index contributed by atoms with van der Waals surface area (Å²) in [6, 6.07) is 6.92. The van der Waals surface area contributed by atoms with Crippen LogP contribution in [-0.2, 0) is 11.2 Å². The molecule has 1 heterocycles. The summed E-state index contributed by atoms with van der Waals surface area (Å²) in [5, 5.41) is 0. The molecule has 2 N–H and O–H groups in total. The van der Waals surface area contributed by atoms with Crippen molar-refractivity contribution in [2.75, 3.05) is 13.1 Å². The fraction of sp³-hybridized carbons (Fsp3) is 0.611. The molecule has 0 aromatic heterocycles. The standard InChI is InChI=1S/C18H25FN2O/c1-12(7-13-3-2-4-15(19)9-13)8-18(22)21-10-14-5-6-17(20)16(14)11-21/h2-4,9,12,14,16-17H,5-8,10-11,20H2,1H3. The van der Waals surface area contributed by atoms with Crippen LogP contribution in [0.15, 0.2) is 24.3 Å². The quantitative estimate of drug-likeness (QED) is 0.929. The highest BCUT2D eigenvalue weighted by Crippen LogP contribution is 2.37. The third kappa shape index (κ3) is 3.32. The van der Waals surface area contributed by atoms with Crippen LogP contribution in [0.4, 0.5) is 4.39 Å². The Morgan fingerprint density at radius 1 is 1.41 bits per heavy atom. The van der Waals surface area contributed by atoms with Crippen molar-refractivity contribution in [3.05, 3.63) is 35.6 Å². The lowest BCUT2D eigenvalue weighted by Gasteiger charge is -2.21. The number of fused-ring (bicyclic) bond motifs is 1. The number of nitrogens with zero attached hydrogens (tertiary/aromatic N) is 1. The minimum absolute atomic E-state index is 0.211. The normalized spacial score (nSPS) is 28.7. The third-order valence-corrected chi connectivity index (χ3v) is 5.26. The van der Waals surface area contributed by atoms with Gasteiger partial charge in [0, 0.05) is 25.6 Å². The molecule has 1 aliphatic carbocycles. The number of halogens is 1. The van der Waals surface area contributed by atoms with E-state index in [2.05, 4.69) is 6.92 Å². The van der Waals surface area contributed by atoms with Gasteiger partial charge in [-0.25, -0.2) is 4.39 Å². The minimum atomic E-state index is -0.211. The minimum Gasteiger partial charge on any atom is -0.342 e. The predicted molar refractivity (Wildman–Crippen MR) is 84.7 cm³/mol. The van der Waals surface area contributed by atoms with Gasteiger partial charge in [0.2, 0.25) is 5.91 Å². The van der Waals surface area contributed by atoms with Gasteiger partial charge in [-0.3, -0.25) is 4.79 Å². The van der Waals surface area contributed by atoms with Crippen molar-refractivity contribution in [2.24, 2.45) is 23.5 Å². The molecule has 22 heavy (non-hydrogen) atoms. The fourth-order valence-corrected chi connectivity index (χ4v) is 4.08. The number of carbonyl (C=O) groups is 1. The number of benzene rings is 1. The van der Waals surface area contributed by atoms with Gasteiger partial charge < -0.3 is 10.6 Å². The molecule has 3 rings (SSSR count). The Hall–Kier alpha value is -1.42. The average Bonchev–Trinajstić information content (AvgIpc) is 3.01. The zero-order valence-corrected chi connectivity index (χ0v) is 13.2. The molecule has 1 aromatic rings. The van der Waals surface area contributed by atoms with Crippen molar-refractivity contribution in [2.45, 2.75) is 38.6 Å². The van der Waals surface area contributed by atoms with Gasteiger partial charge in [0.05, 0.1) is 0 Å². The van der Waals surface area contributed by atoms with E-state index in [4.69, 9.17) is 5.73 Å². The smallest absolute Gasteiger partial charge is 0.222 e. The first kappa shape index (κ1) is 15.5. The largest absolute Gasteiger partial charge is 0.342 e. The molecule has 4 heteroatoms. The summed E-state index contributed by atoms with van der Waals surface area (Å²) in [5.74, 6) is 1.35. The van der Waals surface area contributed by atoms with E-state index in [-0.39, 0.29) is 23.7 Å². The molecule has 2 aliphatic rings. The van der Waals surface area contributed by atoms with E-state index >= 15 is 0 Å². The van der Waals surface area contributed by atoms with Crippen LogP contribution < -0.4 is 5.73 Å². The molecule has 0 bridgehead atoms. The molecule has 2 fully saturated rings. The van der Waals surface area contributed by atoms with Crippen LogP contribution in [0.3, 0.4) is 0 Å². The maximum atomic E-state index is 13.2. The summed E-state index contributed by atoms with van der Waals surface area (Å²) in [6.07, 6.45) is 3.54. The zero-order valence-electron chi connectivity index (χ0n) is 13.2. The Bertz CT molecular complexity index is 548. The summed E-state index contributed by atoms with van der Waals surface area (Å²) >= 11 is 0. The predicted octanol–water partition coefficient (Wildman–Crippen LogP) is 2.59. The second kappa shape index (κ2) is 6.37. The van der Waals surface area contributed by atoms with Crippen molar-refractivity contribution in [3.8, 4) is 0 Å². The van der Waals surface area contributed by atoms with Gasteiger partial charge in [-0.1, -0.05) is 19.1 Å². The molecule has 1 saturated carbocycles. The Morgan fingerprint density at radius 2 is 2.23 bits per heavy atom. The van der Waals surface area contributed by atoms with Gasteiger partial charge in [-0.05, 0) is 54.7 Å². The Balaban J connectivity index is 1.51. The van der Waals surface area contributed by atoms with Gasteiger partial charge >= 0.3 is 0 Å². The first-order valence-electron chi connectivity index (χ1n) is 8.30. The number of hydrogen-bond donors (Lipinski definition) is 1. The van der Waals surface area contributed by atoms with Crippen LogP contribution in [0, 0.1) is 23.6 Å². The summed E-state index contributed by atoms with van der Waals surface area (Å²) in [6.45, 7) is 3.77. The number of carbonyl (C=O) groups excluding carboxylic acids is 1. The molecule has 3 nitrogen and oxygen atoms in total. The first-order chi connectivity index (χ1) is 10.5. The van der Waals surface area contributed by atoms with Crippen LogP contribution >= 0.6 is 0 Å². The molecule has 1 aromatic carbocycles. The summed E-state index contributed by atoms with van der Waals surface area (Å²) in [4.78, 5) is 14.5. The molecule has 4 atom stereocenters. The number of nitrogens with two attached hydrogens (primary N) is 1. The maximum absolute atomic E-state index is 13.2. The summed E-state index contributed by atoms with van der Waals surface area (Å²) in [5.41, 5.74) is 7.09. The lowest BCUT2D eigenvalue weighted by molar-refractivity contribution is -0.131.